The van der Waals surface area contributed by atoms with Crippen LogP contribution in [0.15, 0.2) is 42.5 Å². The molecule has 0 saturated heterocycles. The highest BCUT2D eigenvalue weighted by Gasteiger charge is 2.37. The van der Waals surface area contributed by atoms with Crippen molar-refractivity contribution in [2.45, 2.75) is 31.7 Å². The van der Waals surface area contributed by atoms with Gasteiger partial charge in [-0.3, -0.25) is 4.79 Å². The second kappa shape index (κ2) is 6.72. The largest absolute Gasteiger partial charge is 0.481 e. The first kappa shape index (κ1) is 17.0. The molecule has 0 bridgehead atoms. The van der Waals surface area contributed by atoms with Crippen LogP contribution in [0.4, 0.5) is 4.39 Å². The lowest BCUT2D eigenvalue weighted by Gasteiger charge is -2.18. The summed E-state index contributed by atoms with van der Waals surface area (Å²) in [5.74, 6) is -1.01. The third-order valence-corrected chi connectivity index (χ3v) is 5.41. The van der Waals surface area contributed by atoms with E-state index in [9.17, 15) is 14.3 Å². The molecule has 134 valence electrons. The van der Waals surface area contributed by atoms with Crippen molar-refractivity contribution in [2.24, 2.45) is 5.92 Å². The summed E-state index contributed by atoms with van der Waals surface area (Å²) in [6.45, 7) is 0.539. The first-order valence-corrected chi connectivity index (χ1v) is 9.03. The number of carboxylic acid groups (broad SMARTS) is 1. The summed E-state index contributed by atoms with van der Waals surface area (Å²) in [5, 5.41) is 10.2. The smallest absolute Gasteiger partial charge is 0.307 e. The summed E-state index contributed by atoms with van der Waals surface area (Å²) in [4.78, 5) is 16.3. The van der Waals surface area contributed by atoms with Crippen LogP contribution < -0.4 is 0 Å². The maximum atomic E-state index is 13.7. The fourth-order valence-corrected chi connectivity index (χ4v) is 4.03. The van der Waals surface area contributed by atoms with E-state index in [4.69, 9.17) is 11.6 Å². The molecule has 1 saturated carbocycles. The second-order valence-electron chi connectivity index (χ2n) is 6.80. The number of nitrogens with zero attached hydrogens (tertiary/aromatic N) is 2. The maximum Gasteiger partial charge on any atom is 0.307 e. The molecule has 0 aliphatic heterocycles. The predicted molar refractivity (Wildman–Crippen MR) is 98.0 cm³/mol. The Morgan fingerprint density at radius 1 is 1.23 bits per heavy atom. The minimum atomic E-state index is -0.788. The standard InChI is InChI=1S/C20H18ClFN2O2/c21-13-6-4-12(5-7-13)11-24-18-9-8-14(22)10-17(18)23-19(24)15-2-1-3-16(15)20(25)26/h4-10,15-16H,1-3,11H2,(H,25,26)/t15-,16-/m0/s1. The van der Waals surface area contributed by atoms with Crippen LogP contribution in [-0.4, -0.2) is 20.6 Å². The van der Waals surface area contributed by atoms with Crippen LogP contribution in [0.5, 0.6) is 0 Å². The third kappa shape index (κ3) is 3.07. The van der Waals surface area contributed by atoms with Crippen molar-refractivity contribution >= 4 is 28.6 Å². The van der Waals surface area contributed by atoms with E-state index in [0.29, 0.717) is 23.5 Å². The highest BCUT2D eigenvalue weighted by molar-refractivity contribution is 6.30. The Kier molecular flexibility index (Phi) is 4.41. The molecular weight excluding hydrogens is 355 g/mol. The Morgan fingerprint density at radius 3 is 2.73 bits per heavy atom. The van der Waals surface area contributed by atoms with Gasteiger partial charge in [-0.25, -0.2) is 9.37 Å². The number of benzene rings is 2. The summed E-state index contributed by atoms with van der Waals surface area (Å²) < 4.78 is 15.7. The van der Waals surface area contributed by atoms with Gasteiger partial charge in [-0.1, -0.05) is 30.2 Å². The van der Waals surface area contributed by atoms with E-state index in [0.717, 1.165) is 29.7 Å². The van der Waals surface area contributed by atoms with Crippen LogP contribution in [0.3, 0.4) is 0 Å². The Bertz CT molecular complexity index is 968. The lowest BCUT2D eigenvalue weighted by atomic mass is 9.95. The lowest BCUT2D eigenvalue weighted by Crippen LogP contribution is -2.20. The molecule has 3 aromatic rings. The highest BCUT2D eigenvalue weighted by atomic mass is 35.5. The van der Waals surface area contributed by atoms with Crippen molar-refractivity contribution in [1.29, 1.82) is 0 Å². The van der Waals surface area contributed by atoms with E-state index in [2.05, 4.69) is 4.98 Å². The Labute approximate surface area is 155 Å². The molecule has 1 fully saturated rings. The monoisotopic (exact) mass is 372 g/mol. The molecule has 1 heterocycles. The van der Waals surface area contributed by atoms with E-state index in [-0.39, 0.29) is 11.7 Å². The van der Waals surface area contributed by atoms with E-state index >= 15 is 0 Å². The number of halogens is 2. The van der Waals surface area contributed by atoms with E-state index in [1.165, 1.54) is 12.1 Å². The minimum Gasteiger partial charge on any atom is -0.481 e. The molecule has 2 atom stereocenters. The maximum absolute atomic E-state index is 13.7. The van der Waals surface area contributed by atoms with Crippen molar-refractivity contribution in [3.8, 4) is 0 Å². The van der Waals surface area contributed by atoms with Crippen LogP contribution in [0, 0.1) is 11.7 Å². The molecule has 4 rings (SSSR count). The zero-order valence-electron chi connectivity index (χ0n) is 14.0. The van der Waals surface area contributed by atoms with Gasteiger partial charge in [-0.2, -0.15) is 0 Å². The van der Waals surface area contributed by atoms with Crippen molar-refractivity contribution in [3.05, 3.63) is 64.7 Å². The van der Waals surface area contributed by atoms with Crippen LogP contribution in [0.25, 0.3) is 11.0 Å². The number of hydrogen-bond acceptors (Lipinski definition) is 2. The molecule has 1 aromatic heterocycles. The third-order valence-electron chi connectivity index (χ3n) is 5.16. The molecule has 2 aromatic carbocycles. The topological polar surface area (TPSA) is 55.1 Å². The molecule has 1 N–H and O–H groups in total. The number of imidazole rings is 1. The van der Waals surface area contributed by atoms with Gasteiger partial charge in [0.05, 0.1) is 17.0 Å². The number of aromatic nitrogens is 2. The Balaban J connectivity index is 1.83. The summed E-state index contributed by atoms with van der Waals surface area (Å²) in [6.07, 6.45) is 2.29. The zero-order chi connectivity index (χ0) is 18.3. The zero-order valence-corrected chi connectivity index (χ0v) is 14.8. The van der Waals surface area contributed by atoms with Crippen molar-refractivity contribution in [3.63, 3.8) is 0 Å². The van der Waals surface area contributed by atoms with Gasteiger partial charge < -0.3 is 9.67 Å². The number of rotatable bonds is 4. The van der Waals surface area contributed by atoms with Gasteiger partial charge >= 0.3 is 5.97 Å². The SMILES string of the molecule is O=C(O)[C@H]1CCC[C@@H]1c1nc2cc(F)ccc2n1Cc1ccc(Cl)cc1. The van der Waals surface area contributed by atoms with Crippen molar-refractivity contribution in [1.82, 2.24) is 9.55 Å². The molecular formula is C20H18ClFN2O2. The van der Waals surface area contributed by atoms with Crippen LogP contribution >= 0.6 is 11.6 Å². The minimum absolute atomic E-state index is 0.157. The average Bonchev–Trinajstić information content (AvgIpc) is 3.21. The van der Waals surface area contributed by atoms with E-state index in [1.54, 1.807) is 6.07 Å². The molecule has 6 heteroatoms. The molecule has 0 radical (unpaired) electrons. The average molecular weight is 373 g/mol. The number of aliphatic carboxylic acids is 1. The normalized spacial score (nSPS) is 19.9. The first-order chi connectivity index (χ1) is 12.5. The number of hydrogen-bond donors (Lipinski definition) is 1. The summed E-state index contributed by atoms with van der Waals surface area (Å²) >= 11 is 5.97. The van der Waals surface area contributed by atoms with Crippen LogP contribution in [0.1, 0.15) is 36.6 Å². The summed E-state index contributed by atoms with van der Waals surface area (Å²) in [7, 11) is 0. The van der Waals surface area contributed by atoms with Gasteiger partial charge in [0.15, 0.2) is 0 Å². The summed E-state index contributed by atoms with van der Waals surface area (Å²) in [5.41, 5.74) is 2.40. The fourth-order valence-electron chi connectivity index (χ4n) is 3.91. The first-order valence-electron chi connectivity index (χ1n) is 8.66. The molecule has 0 amide bonds. The Morgan fingerprint density at radius 2 is 2.00 bits per heavy atom. The van der Waals surface area contributed by atoms with Crippen molar-refractivity contribution < 1.29 is 14.3 Å². The number of fused-ring (bicyclic) bond motifs is 1. The molecule has 4 nitrogen and oxygen atoms in total. The van der Waals surface area contributed by atoms with Gasteiger partial charge in [-0.05, 0) is 42.7 Å². The van der Waals surface area contributed by atoms with Gasteiger partial charge in [0.1, 0.15) is 11.6 Å². The molecule has 0 spiro atoms. The second-order valence-corrected chi connectivity index (χ2v) is 7.23. The van der Waals surface area contributed by atoms with E-state index in [1.807, 2.05) is 28.8 Å². The van der Waals surface area contributed by atoms with Gasteiger partial charge in [-0.15, -0.1) is 0 Å². The lowest BCUT2D eigenvalue weighted by molar-refractivity contribution is -0.142. The van der Waals surface area contributed by atoms with Gasteiger partial charge in [0, 0.05) is 23.6 Å². The highest BCUT2D eigenvalue weighted by Crippen LogP contribution is 2.40. The van der Waals surface area contributed by atoms with Crippen molar-refractivity contribution in [2.75, 3.05) is 0 Å². The van der Waals surface area contributed by atoms with Gasteiger partial charge in [0.2, 0.25) is 0 Å². The molecule has 26 heavy (non-hydrogen) atoms. The quantitative estimate of drug-likeness (QED) is 0.712. The molecule has 0 unspecified atom stereocenters. The predicted octanol–water partition coefficient (Wildman–Crippen LogP) is 4.85. The van der Waals surface area contributed by atoms with Gasteiger partial charge in [0.25, 0.3) is 0 Å². The number of carboxylic acids is 1. The Hall–Kier alpha value is -2.40. The number of carbonyl (C=O) groups is 1. The van der Waals surface area contributed by atoms with Crippen LogP contribution in [0.2, 0.25) is 5.02 Å². The van der Waals surface area contributed by atoms with E-state index < -0.39 is 11.9 Å². The van der Waals surface area contributed by atoms with Crippen LogP contribution in [-0.2, 0) is 11.3 Å². The molecule has 1 aliphatic carbocycles. The molecule has 1 aliphatic rings. The summed E-state index contributed by atoms with van der Waals surface area (Å²) in [6, 6.07) is 12.0. The fraction of sp³-hybridized carbons (Fsp3) is 0.300.